The number of anilines is 1. The molecule has 9 heteroatoms. The van der Waals surface area contributed by atoms with E-state index in [0.29, 0.717) is 11.5 Å². The fourth-order valence-electron chi connectivity index (χ4n) is 2.59. The molecule has 0 aliphatic rings. The van der Waals surface area contributed by atoms with Crippen molar-refractivity contribution in [1.82, 2.24) is 0 Å². The normalized spacial score (nSPS) is 10.9. The molecule has 0 saturated carbocycles. The molecule has 0 bridgehead atoms. The summed E-state index contributed by atoms with van der Waals surface area (Å²) >= 11 is 0. The summed E-state index contributed by atoms with van der Waals surface area (Å²) in [5.74, 6) is -0.405. The minimum atomic E-state index is -3.86. The minimum absolute atomic E-state index is 0.0375. The first-order valence-electron chi connectivity index (χ1n) is 8.13. The van der Waals surface area contributed by atoms with Crippen LogP contribution in [0, 0.1) is 0 Å². The Morgan fingerprint density at radius 2 is 1.61 bits per heavy atom. The molecular weight excluding hydrogens is 386 g/mol. The minimum Gasteiger partial charge on any atom is -0.493 e. The van der Waals surface area contributed by atoms with Crippen LogP contribution in [-0.4, -0.2) is 54.3 Å². The van der Waals surface area contributed by atoms with Crippen molar-refractivity contribution in [3.8, 4) is 11.5 Å². The average Bonchev–Trinajstić information content (AvgIpc) is 2.69. The van der Waals surface area contributed by atoms with Gasteiger partial charge in [0.25, 0.3) is 0 Å². The Hall–Kier alpha value is -3.07. The lowest BCUT2D eigenvalue weighted by Crippen LogP contribution is -2.36. The van der Waals surface area contributed by atoms with Gasteiger partial charge >= 0.3 is 5.97 Å². The summed E-state index contributed by atoms with van der Waals surface area (Å²) < 4.78 is 40.6. The van der Waals surface area contributed by atoms with Crippen LogP contribution in [0.25, 0.3) is 0 Å². The number of Topliss-reactive ketones (excluding diaryl/α,β-unsaturated/α-hetero) is 1. The molecule has 0 radical (unpaired) electrons. The van der Waals surface area contributed by atoms with E-state index < -0.39 is 28.3 Å². The molecule has 8 nitrogen and oxygen atoms in total. The van der Waals surface area contributed by atoms with Gasteiger partial charge in [0, 0.05) is 5.56 Å². The summed E-state index contributed by atoms with van der Waals surface area (Å²) in [6.45, 7) is -0.498. The van der Waals surface area contributed by atoms with Crippen LogP contribution >= 0.6 is 0 Å². The second-order valence-electron chi connectivity index (χ2n) is 5.77. The molecule has 0 amide bonds. The lowest BCUT2D eigenvalue weighted by molar-refractivity contribution is 0.0601. The van der Waals surface area contributed by atoms with Gasteiger partial charge in [0.05, 0.1) is 45.4 Å². The van der Waals surface area contributed by atoms with Crippen LogP contribution in [0.1, 0.15) is 20.7 Å². The Morgan fingerprint density at radius 3 is 2.18 bits per heavy atom. The smallest absolute Gasteiger partial charge is 0.340 e. The zero-order valence-corrected chi connectivity index (χ0v) is 16.8. The Bertz CT molecular complexity index is 986. The molecule has 0 aliphatic carbocycles. The molecular formula is C19H21NO7S. The van der Waals surface area contributed by atoms with E-state index in [1.165, 1.54) is 45.6 Å². The standard InChI is InChI=1S/C19H21NO7S/c1-25-17-10-9-13(11-18(17)26-2)16(21)12-20(28(4,23)24)15-8-6-5-7-14(15)19(22)27-3/h5-11H,12H2,1-4H3. The molecule has 0 fully saturated rings. The second kappa shape index (κ2) is 8.75. The van der Waals surface area contributed by atoms with Gasteiger partial charge in [-0.3, -0.25) is 9.10 Å². The Labute approximate surface area is 163 Å². The lowest BCUT2D eigenvalue weighted by atomic mass is 10.1. The van der Waals surface area contributed by atoms with Gasteiger partial charge in [-0.2, -0.15) is 0 Å². The number of hydrogen-bond donors (Lipinski definition) is 0. The number of ketones is 1. The van der Waals surface area contributed by atoms with E-state index in [4.69, 9.17) is 14.2 Å². The van der Waals surface area contributed by atoms with Crippen molar-refractivity contribution in [3.63, 3.8) is 0 Å². The zero-order valence-electron chi connectivity index (χ0n) is 16.0. The third kappa shape index (κ3) is 4.61. The highest BCUT2D eigenvalue weighted by Gasteiger charge is 2.26. The monoisotopic (exact) mass is 407 g/mol. The molecule has 2 aromatic rings. The van der Waals surface area contributed by atoms with Gasteiger partial charge in [-0.1, -0.05) is 12.1 Å². The molecule has 150 valence electrons. The van der Waals surface area contributed by atoms with Crippen LogP contribution in [-0.2, 0) is 14.8 Å². The summed E-state index contributed by atoms with van der Waals surface area (Å²) in [5.41, 5.74) is 0.336. The zero-order chi connectivity index (χ0) is 20.9. The maximum atomic E-state index is 12.8. The number of rotatable bonds is 8. The van der Waals surface area contributed by atoms with E-state index in [-0.39, 0.29) is 16.8 Å². The molecule has 0 aromatic heterocycles. The van der Waals surface area contributed by atoms with Crippen molar-refractivity contribution >= 4 is 27.5 Å². The Kier molecular flexibility index (Phi) is 6.63. The molecule has 28 heavy (non-hydrogen) atoms. The van der Waals surface area contributed by atoms with Crippen LogP contribution in [0.3, 0.4) is 0 Å². The van der Waals surface area contributed by atoms with Crippen LogP contribution < -0.4 is 13.8 Å². The number of carbonyl (C=O) groups is 2. The maximum Gasteiger partial charge on any atom is 0.340 e. The number of hydrogen-bond acceptors (Lipinski definition) is 7. The number of sulfonamides is 1. The van der Waals surface area contributed by atoms with Crippen molar-refractivity contribution in [3.05, 3.63) is 53.6 Å². The van der Waals surface area contributed by atoms with Gasteiger partial charge in [-0.05, 0) is 30.3 Å². The van der Waals surface area contributed by atoms with Crippen molar-refractivity contribution in [1.29, 1.82) is 0 Å². The third-order valence-corrected chi connectivity index (χ3v) is 5.10. The van der Waals surface area contributed by atoms with Gasteiger partial charge < -0.3 is 14.2 Å². The van der Waals surface area contributed by atoms with E-state index in [2.05, 4.69) is 0 Å². The highest BCUT2D eigenvalue weighted by Crippen LogP contribution is 2.29. The first-order chi connectivity index (χ1) is 13.2. The van der Waals surface area contributed by atoms with Gasteiger partial charge in [0.1, 0.15) is 0 Å². The maximum absolute atomic E-state index is 12.8. The number of carbonyl (C=O) groups excluding carboxylic acids is 2. The predicted molar refractivity (Wildman–Crippen MR) is 104 cm³/mol. The van der Waals surface area contributed by atoms with E-state index in [1.807, 2.05) is 0 Å². The molecule has 2 rings (SSSR count). The third-order valence-electron chi connectivity index (χ3n) is 3.97. The van der Waals surface area contributed by atoms with Crippen LogP contribution in [0.2, 0.25) is 0 Å². The summed E-state index contributed by atoms with van der Waals surface area (Å²) in [6.07, 6.45) is 0.961. The van der Waals surface area contributed by atoms with Gasteiger partial charge in [0.15, 0.2) is 17.3 Å². The lowest BCUT2D eigenvalue weighted by Gasteiger charge is -2.23. The largest absolute Gasteiger partial charge is 0.493 e. The van der Waals surface area contributed by atoms with E-state index in [9.17, 15) is 18.0 Å². The summed E-state index contributed by atoms with van der Waals surface area (Å²) in [7, 11) is 0.227. The van der Waals surface area contributed by atoms with Crippen molar-refractivity contribution in [2.45, 2.75) is 0 Å². The quantitative estimate of drug-likeness (QED) is 0.488. The fourth-order valence-corrected chi connectivity index (χ4v) is 3.45. The Balaban J connectivity index is 2.45. The predicted octanol–water partition coefficient (Wildman–Crippen LogP) is 2.14. The molecule has 2 aromatic carbocycles. The summed E-state index contributed by atoms with van der Waals surface area (Å²) in [4.78, 5) is 24.8. The first kappa shape index (κ1) is 21.2. The molecule has 0 spiro atoms. The average molecular weight is 407 g/mol. The van der Waals surface area contributed by atoms with E-state index >= 15 is 0 Å². The molecule has 0 saturated heterocycles. The first-order valence-corrected chi connectivity index (χ1v) is 9.98. The highest BCUT2D eigenvalue weighted by molar-refractivity contribution is 7.92. The van der Waals surface area contributed by atoms with Crippen LogP contribution in [0.5, 0.6) is 11.5 Å². The molecule has 0 N–H and O–H groups in total. The number of benzene rings is 2. The number of ether oxygens (including phenoxy) is 3. The summed E-state index contributed by atoms with van der Waals surface area (Å²) in [5, 5.41) is 0. The van der Waals surface area contributed by atoms with Gasteiger partial charge in [-0.15, -0.1) is 0 Å². The van der Waals surface area contributed by atoms with E-state index in [1.54, 1.807) is 18.2 Å². The van der Waals surface area contributed by atoms with E-state index in [0.717, 1.165) is 10.6 Å². The van der Waals surface area contributed by atoms with Crippen LogP contribution in [0.4, 0.5) is 5.69 Å². The van der Waals surface area contributed by atoms with Crippen molar-refractivity contribution < 1.29 is 32.2 Å². The number of nitrogens with zero attached hydrogens (tertiary/aromatic N) is 1. The molecule has 0 unspecified atom stereocenters. The van der Waals surface area contributed by atoms with Gasteiger partial charge in [0.2, 0.25) is 10.0 Å². The molecule has 0 atom stereocenters. The van der Waals surface area contributed by atoms with Gasteiger partial charge in [-0.25, -0.2) is 13.2 Å². The number of esters is 1. The number of para-hydroxylation sites is 1. The second-order valence-corrected chi connectivity index (χ2v) is 7.68. The SMILES string of the molecule is COC(=O)c1ccccc1N(CC(=O)c1ccc(OC)c(OC)c1)S(C)(=O)=O. The Morgan fingerprint density at radius 1 is 0.964 bits per heavy atom. The topological polar surface area (TPSA) is 99.2 Å². The van der Waals surface area contributed by atoms with Crippen molar-refractivity contribution in [2.75, 3.05) is 38.4 Å². The van der Waals surface area contributed by atoms with Crippen molar-refractivity contribution in [2.24, 2.45) is 0 Å². The molecule has 0 aliphatic heterocycles. The highest BCUT2D eigenvalue weighted by atomic mass is 32.2. The van der Waals surface area contributed by atoms with Crippen LogP contribution in [0.15, 0.2) is 42.5 Å². The number of methoxy groups -OCH3 is 3. The molecule has 0 heterocycles. The summed E-state index contributed by atoms with van der Waals surface area (Å²) in [6, 6.07) is 10.5. The fraction of sp³-hybridized carbons (Fsp3) is 0.263.